The molecule has 0 spiro atoms. The molecule has 0 aromatic heterocycles. The van der Waals surface area contributed by atoms with E-state index in [9.17, 15) is 9.59 Å². The van der Waals surface area contributed by atoms with E-state index in [1.54, 1.807) is 0 Å². The van der Waals surface area contributed by atoms with E-state index < -0.39 is 11.9 Å². The largest absolute Gasteiger partial charge is 0.490 e. The second kappa shape index (κ2) is 13.9. The van der Waals surface area contributed by atoms with Gasteiger partial charge in [-0.2, -0.15) is 0 Å². The monoisotopic (exact) mass is 490 g/mol. The van der Waals surface area contributed by atoms with Crippen molar-refractivity contribution in [3.63, 3.8) is 0 Å². The Labute approximate surface area is 206 Å². The molecule has 9 heteroatoms. The number of hydrogen-bond donors (Lipinski definition) is 0. The van der Waals surface area contributed by atoms with Crippen molar-refractivity contribution in [1.82, 2.24) is 0 Å². The number of carbonyl (C=O) groups is 2. The number of carbonyl (C=O) groups excluding carboxylic acids is 2. The van der Waals surface area contributed by atoms with Gasteiger partial charge in [-0.1, -0.05) is 0 Å². The first-order valence-corrected chi connectivity index (χ1v) is 11.8. The Morgan fingerprint density at radius 2 is 0.743 bits per heavy atom. The third kappa shape index (κ3) is 7.18. The SMILES string of the molecule is CCOc1cc(C(=O)OC(=O)c2cc(OCC)c(OCC)c(OCC)c2)cc(OCC)c1OCC. The molecule has 9 nitrogen and oxygen atoms in total. The summed E-state index contributed by atoms with van der Waals surface area (Å²) < 4.78 is 39.0. The first-order valence-electron chi connectivity index (χ1n) is 11.8. The lowest BCUT2D eigenvalue weighted by Gasteiger charge is -2.17. The summed E-state index contributed by atoms with van der Waals surface area (Å²) in [5.74, 6) is 0.295. The third-order valence-corrected chi connectivity index (χ3v) is 4.48. The summed E-state index contributed by atoms with van der Waals surface area (Å²) in [6, 6.07) is 5.84. The molecule has 0 unspecified atom stereocenters. The molecule has 0 bridgehead atoms. The summed E-state index contributed by atoms with van der Waals surface area (Å²) in [6.45, 7) is 13.0. The summed E-state index contributed by atoms with van der Waals surface area (Å²) in [6.07, 6.45) is 0. The van der Waals surface area contributed by atoms with E-state index in [0.29, 0.717) is 74.1 Å². The van der Waals surface area contributed by atoms with E-state index in [1.807, 2.05) is 41.5 Å². The van der Waals surface area contributed by atoms with Gasteiger partial charge in [-0.15, -0.1) is 0 Å². The average Bonchev–Trinajstić information content (AvgIpc) is 2.83. The second-order valence-electron chi connectivity index (χ2n) is 6.88. The molecule has 0 aliphatic carbocycles. The topological polar surface area (TPSA) is 98.8 Å². The minimum atomic E-state index is -0.871. The van der Waals surface area contributed by atoms with Gasteiger partial charge in [0.2, 0.25) is 11.5 Å². The summed E-state index contributed by atoms with van der Waals surface area (Å²) in [4.78, 5) is 25.8. The summed E-state index contributed by atoms with van der Waals surface area (Å²) in [5.41, 5.74) is 0.157. The zero-order chi connectivity index (χ0) is 25.8. The standard InChI is InChI=1S/C26H34O9/c1-7-29-19-13-17(14-20(30-8-2)23(19)33-11-5)25(27)35-26(28)18-15-21(31-9-3)24(34-12-6)22(16-18)32-10-4/h13-16H,7-12H2,1-6H3. The van der Waals surface area contributed by atoms with Gasteiger partial charge in [0, 0.05) is 0 Å². The predicted molar refractivity (Wildman–Crippen MR) is 130 cm³/mol. The smallest absolute Gasteiger partial charge is 0.346 e. The van der Waals surface area contributed by atoms with Gasteiger partial charge in [0.05, 0.1) is 50.8 Å². The Morgan fingerprint density at radius 1 is 0.486 bits per heavy atom. The van der Waals surface area contributed by atoms with Gasteiger partial charge in [0.15, 0.2) is 23.0 Å². The molecule has 0 atom stereocenters. The second-order valence-corrected chi connectivity index (χ2v) is 6.88. The van der Waals surface area contributed by atoms with Gasteiger partial charge in [-0.3, -0.25) is 0 Å². The van der Waals surface area contributed by atoms with Crippen LogP contribution in [0.3, 0.4) is 0 Å². The maximum atomic E-state index is 12.9. The Hall–Kier alpha value is -3.62. The molecule has 0 fully saturated rings. The maximum absolute atomic E-state index is 12.9. The van der Waals surface area contributed by atoms with Crippen LogP contribution in [0, 0.1) is 0 Å². The van der Waals surface area contributed by atoms with Gasteiger partial charge in [0.1, 0.15) is 0 Å². The zero-order valence-electron chi connectivity index (χ0n) is 21.2. The first-order chi connectivity index (χ1) is 16.9. The minimum absolute atomic E-state index is 0.0784. The molecule has 35 heavy (non-hydrogen) atoms. The van der Waals surface area contributed by atoms with Crippen LogP contribution in [0.2, 0.25) is 0 Å². The van der Waals surface area contributed by atoms with Crippen LogP contribution in [-0.2, 0) is 4.74 Å². The van der Waals surface area contributed by atoms with Crippen molar-refractivity contribution in [3.05, 3.63) is 35.4 Å². The highest BCUT2D eigenvalue weighted by Gasteiger charge is 2.24. The van der Waals surface area contributed by atoms with Crippen LogP contribution >= 0.6 is 0 Å². The fraction of sp³-hybridized carbons (Fsp3) is 0.462. The molecule has 2 aromatic rings. The fourth-order valence-corrected chi connectivity index (χ4v) is 3.22. The van der Waals surface area contributed by atoms with Gasteiger partial charge < -0.3 is 33.2 Å². The molecule has 2 aromatic carbocycles. The van der Waals surface area contributed by atoms with Crippen molar-refractivity contribution >= 4 is 11.9 Å². The van der Waals surface area contributed by atoms with Crippen LogP contribution in [0.25, 0.3) is 0 Å². The van der Waals surface area contributed by atoms with Crippen molar-refractivity contribution < 1.29 is 42.7 Å². The highest BCUT2D eigenvalue weighted by molar-refractivity contribution is 6.03. The van der Waals surface area contributed by atoms with Crippen molar-refractivity contribution in [2.75, 3.05) is 39.6 Å². The maximum Gasteiger partial charge on any atom is 0.346 e. The Bertz CT molecular complexity index is 867. The van der Waals surface area contributed by atoms with Crippen LogP contribution in [0.15, 0.2) is 24.3 Å². The fourth-order valence-electron chi connectivity index (χ4n) is 3.22. The van der Waals surface area contributed by atoms with Crippen molar-refractivity contribution in [2.24, 2.45) is 0 Å². The minimum Gasteiger partial charge on any atom is -0.490 e. The molecule has 0 saturated carbocycles. The Balaban J connectivity index is 2.41. The number of benzene rings is 2. The quantitative estimate of drug-likeness (QED) is 0.265. The number of rotatable bonds is 14. The van der Waals surface area contributed by atoms with E-state index in [4.69, 9.17) is 33.2 Å². The summed E-state index contributed by atoms with van der Waals surface area (Å²) >= 11 is 0. The molecule has 0 N–H and O–H groups in total. The molecule has 0 saturated heterocycles. The van der Waals surface area contributed by atoms with E-state index in [0.717, 1.165) is 0 Å². The van der Waals surface area contributed by atoms with Crippen LogP contribution in [0.5, 0.6) is 34.5 Å². The molecular formula is C26H34O9. The predicted octanol–water partition coefficient (Wildman–Crippen LogP) is 5.08. The van der Waals surface area contributed by atoms with Gasteiger partial charge in [-0.25, -0.2) is 9.59 Å². The summed E-state index contributed by atoms with van der Waals surface area (Å²) in [5, 5.41) is 0. The molecule has 0 heterocycles. The lowest BCUT2D eigenvalue weighted by atomic mass is 10.1. The average molecular weight is 491 g/mol. The van der Waals surface area contributed by atoms with Gasteiger partial charge >= 0.3 is 11.9 Å². The van der Waals surface area contributed by atoms with Crippen LogP contribution < -0.4 is 28.4 Å². The molecule has 0 amide bonds. The number of esters is 2. The van der Waals surface area contributed by atoms with Crippen molar-refractivity contribution in [3.8, 4) is 34.5 Å². The van der Waals surface area contributed by atoms with Crippen LogP contribution in [-0.4, -0.2) is 51.6 Å². The molecule has 0 aliphatic heterocycles. The van der Waals surface area contributed by atoms with Crippen molar-refractivity contribution in [1.29, 1.82) is 0 Å². The lowest BCUT2D eigenvalue weighted by molar-refractivity contribution is 0.0396. The molecule has 0 radical (unpaired) electrons. The summed E-state index contributed by atoms with van der Waals surface area (Å²) in [7, 11) is 0. The highest BCUT2D eigenvalue weighted by atomic mass is 16.6. The highest BCUT2D eigenvalue weighted by Crippen LogP contribution is 2.41. The van der Waals surface area contributed by atoms with Crippen molar-refractivity contribution in [2.45, 2.75) is 41.5 Å². The Morgan fingerprint density at radius 3 is 0.971 bits per heavy atom. The molecule has 0 aliphatic rings. The van der Waals surface area contributed by atoms with E-state index in [-0.39, 0.29) is 11.1 Å². The molecule has 192 valence electrons. The lowest BCUT2D eigenvalue weighted by Crippen LogP contribution is -2.14. The number of ether oxygens (including phenoxy) is 7. The Kier molecular flexibility index (Phi) is 11.0. The third-order valence-electron chi connectivity index (χ3n) is 4.48. The normalized spacial score (nSPS) is 10.3. The van der Waals surface area contributed by atoms with Gasteiger partial charge in [-0.05, 0) is 65.8 Å². The van der Waals surface area contributed by atoms with Gasteiger partial charge in [0.25, 0.3) is 0 Å². The van der Waals surface area contributed by atoms with E-state index in [2.05, 4.69) is 0 Å². The molecule has 2 rings (SSSR count). The van der Waals surface area contributed by atoms with Crippen LogP contribution in [0.1, 0.15) is 62.3 Å². The van der Waals surface area contributed by atoms with E-state index >= 15 is 0 Å². The molecular weight excluding hydrogens is 456 g/mol. The first kappa shape index (κ1) is 27.6. The van der Waals surface area contributed by atoms with E-state index in [1.165, 1.54) is 24.3 Å². The number of hydrogen-bond acceptors (Lipinski definition) is 9. The zero-order valence-corrected chi connectivity index (χ0v) is 21.2. The van der Waals surface area contributed by atoms with Crippen LogP contribution in [0.4, 0.5) is 0 Å².